The fraction of sp³-hybridized carbons (Fsp3) is 0.360. The van der Waals surface area contributed by atoms with Gasteiger partial charge in [0.25, 0.3) is 0 Å². The van der Waals surface area contributed by atoms with E-state index in [-0.39, 0.29) is 23.0 Å². The molecule has 2 aliphatic carbocycles. The Balaban J connectivity index is 0.000000208. The van der Waals surface area contributed by atoms with Gasteiger partial charge in [-0.3, -0.25) is 0 Å². The zero-order chi connectivity index (χ0) is 38.8. The fourth-order valence-corrected chi connectivity index (χ4v) is 6.74. The Kier molecular flexibility index (Phi) is 13.9. The van der Waals surface area contributed by atoms with E-state index in [0.717, 1.165) is 91.0 Å². The summed E-state index contributed by atoms with van der Waals surface area (Å²) in [4.78, 5) is 0. The predicted octanol–water partition coefficient (Wildman–Crippen LogP) is 12.3. The van der Waals surface area contributed by atoms with Crippen molar-refractivity contribution in [1.82, 2.24) is 0 Å². The molecule has 0 spiro atoms. The maximum absolute atomic E-state index is 14.4. The molecule has 2 saturated carbocycles. The lowest BCUT2D eigenvalue weighted by Crippen LogP contribution is -2.10. The molecule has 6 rings (SSSR count). The molecule has 2 aliphatic rings. The SMILES string of the molecule is Cc1ccc(C#Cc2cc(F)c(C#CC3CCC(C)CC3)c(F)c2)c(C)c1.Cc1ccc(C#Cc2cc(F)c(C#CC3CCC(C)CC3)c(F)c2)cc1C. The summed E-state index contributed by atoms with van der Waals surface area (Å²) in [6, 6.07) is 16.9. The first-order chi connectivity index (χ1) is 25.8. The molecule has 0 saturated heterocycles. The molecule has 4 aromatic rings. The lowest BCUT2D eigenvalue weighted by Gasteiger charge is -2.21. The first kappa shape index (κ1) is 40.0. The van der Waals surface area contributed by atoms with Crippen LogP contribution in [0, 0.1) is 122 Å². The molecule has 0 amide bonds. The second-order valence-electron chi connectivity index (χ2n) is 15.2. The standard InChI is InChI=1S/2C25H24F2/c1-17-4-7-20(8-5-17)10-13-23-24(26)15-21(16-25(23)27)9-12-22-11-6-18(2)14-19(22)3;1-17-4-7-20(8-5-17)12-13-23-24(26)15-22(16-25(23)27)11-10-21-9-6-18(2)19(3)14-21/h6,11,14-17,20H,4-5,7-8H2,1-3H3;6,9,14-17,20H,4-5,7-8H2,1-3H3. The van der Waals surface area contributed by atoms with Gasteiger partial charge >= 0.3 is 0 Å². The van der Waals surface area contributed by atoms with Crippen molar-refractivity contribution in [3.63, 3.8) is 0 Å². The topological polar surface area (TPSA) is 0 Å². The summed E-state index contributed by atoms with van der Waals surface area (Å²) in [5.41, 5.74) is 6.57. The van der Waals surface area contributed by atoms with E-state index < -0.39 is 23.3 Å². The molecule has 0 aromatic heterocycles. The molecule has 54 heavy (non-hydrogen) atoms. The first-order valence-electron chi connectivity index (χ1n) is 19.0. The minimum absolute atomic E-state index is 0.148. The van der Waals surface area contributed by atoms with Crippen LogP contribution in [-0.2, 0) is 0 Å². The largest absolute Gasteiger partial charge is 0.205 e. The number of hydrogen-bond donors (Lipinski definition) is 0. The van der Waals surface area contributed by atoms with Crippen LogP contribution in [0.5, 0.6) is 0 Å². The highest BCUT2D eigenvalue weighted by atomic mass is 19.1. The molecule has 4 aromatic carbocycles. The first-order valence-corrected chi connectivity index (χ1v) is 19.0. The molecule has 0 aliphatic heterocycles. The van der Waals surface area contributed by atoms with Gasteiger partial charge in [0.15, 0.2) is 0 Å². The van der Waals surface area contributed by atoms with Gasteiger partial charge in [0, 0.05) is 34.1 Å². The van der Waals surface area contributed by atoms with E-state index in [1.165, 1.54) is 29.8 Å². The molecule has 0 radical (unpaired) electrons. The van der Waals surface area contributed by atoms with Gasteiger partial charge in [0.2, 0.25) is 0 Å². The summed E-state index contributed by atoms with van der Waals surface area (Å²) in [5.74, 6) is 22.6. The Hall–Kier alpha value is -5.16. The number of benzene rings is 4. The van der Waals surface area contributed by atoms with Crippen LogP contribution in [0.4, 0.5) is 17.6 Å². The molecule has 0 N–H and O–H groups in total. The van der Waals surface area contributed by atoms with Crippen molar-refractivity contribution in [3.8, 4) is 47.4 Å². The van der Waals surface area contributed by atoms with Gasteiger partial charge < -0.3 is 0 Å². The van der Waals surface area contributed by atoms with Crippen molar-refractivity contribution < 1.29 is 17.6 Å². The Morgan fingerprint density at radius 1 is 0.426 bits per heavy atom. The van der Waals surface area contributed by atoms with Crippen molar-refractivity contribution in [2.24, 2.45) is 23.7 Å². The molecular weight excluding hydrogens is 677 g/mol. The minimum atomic E-state index is -0.643. The molecule has 0 heterocycles. The number of hydrogen-bond acceptors (Lipinski definition) is 0. The zero-order valence-electron chi connectivity index (χ0n) is 32.3. The summed E-state index contributed by atoms with van der Waals surface area (Å²) < 4.78 is 57.5. The van der Waals surface area contributed by atoms with Gasteiger partial charge in [0.1, 0.15) is 23.3 Å². The van der Waals surface area contributed by atoms with E-state index >= 15 is 0 Å². The van der Waals surface area contributed by atoms with Crippen molar-refractivity contribution in [2.45, 2.75) is 92.9 Å². The van der Waals surface area contributed by atoms with E-state index in [9.17, 15) is 17.6 Å². The highest BCUT2D eigenvalue weighted by Crippen LogP contribution is 2.29. The van der Waals surface area contributed by atoms with Crippen LogP contribution in [0.2, 0.25) is 0 Å². The van der Waals surface area contributed by atoms with Gasteiger partial charge in [0.05, 0.1) is 11.1 Å². The van der Waals surface area contributed by atoms with Crippen molar-refractivity contribution in [3.05, 3.63) is 140 Å². The highest BCUT2D eigenvalue weighted by Gasteiger charge is 2.18. The monoisotopic (exact) mass is 724 g/mol. The zero-order valence-corrected chi connectivity index (χ0v) is 32.3. The molecule has 0 unspecified atom stereocenters. The molecule has 2 fully saturated rings. The molecule has 4 heteroatoms. The van der Waals surface area contributed by atoms with Crippen LogP contribution in [0.25, 0.3) is 0 Å². The maximum Gasteiger partial charge on any atom is 0.143 e. The van der Waals surface area contributed by atoms with E-state index in [1.54, 1.807) is 0 Å². The lowest BCUT2D eigenvalue weighted by molar-refractivity contribution is 0.337. The van der Waals surface area contributed by atoms with Gasteiger partial charge in [-0.25, -0.2) is 17.6 Å². The van der Waals surface area contributed by atoms with Crippen LogP contribution >= 0.6 is 0 Å². The van der Waals surface area contributed by atoms with E-state index in [2.05, 4.69) is 61.2 Å². The van der Waals surface area contributed by atoms with Crippen LogP contribution in [0.15, 0.2) is 60.7 Å². The van der Waals surface area contributed by atoms with Gasteiger partial charge in [-0.15, -0.1) is 0 Å². The normalized spacial score (nSPS) is 18.9. The second kappa shape index (κ2) is 18.7. The van der Waals surface area contributed by atoms with Crippen molar-refractivity contribution in [2.75, 3.05) is 0 Å². The quantitative estimate of drug-likeness (QED) is 0.125. The maximum atomic E-state index is 14.4. The van der Waals surface area contributed by atoms with Crippen LogP contribution in [-0.4, -0.2) is 0 Å². The Morgan fingerprint density at radius 3 is 1.31 bits per heavy atom. The summed E-state index contributed by atoms with van der Waals surface area (Å²) in [5, 5.41) is 0. The van der Waals surface area contributed by atoms with Crippen LogP contribution in [0.1, 0.15) is 121 Å². The number of rotatable bonds is 0. The fourth-order valence-electron chi connectivity index (χ4n) is 6.74. The second-order valence-corrected chi connectivity index (χ2v) is 15.2. The smallest absolute Gasteiger partial charge is 0.143 e. The van der Waals surface area contributed by atoms with E-state index in [4.69, 9.17) is 0 Å². The lowest BCUT2D eigenvalue weighted by atomic mass is 9.83. The third kappa shape index (κ3) is 11.4. The predicted molar refractivity (Wildman–Crippen MR) is 213 cm³/mol. The number of aryl methyl sites for hydroxylation is 4. The average Bonchev–Trinajstić information content (AvgIpc) is 3.13. The summed E-state index contributed by atoms with van der Waals surface area (Å²) >= 11 is 0. The van der Waals surface area contributed by atoms with Gasteiger partial charge in [-0.05, 0) is 150 Å². The number of halogens is 4. The molecule has 0 atom stereocenters. The van der Waals surface area contributed by atoms with Crippen molar-refractivity contribution >= 4 is 0 Å². The molecule has 0 nitrogen and oxygen atoms in total. The van der Waals surface area contributed by atoms with Gasteiger partial charge in [-0.2, -0.15) is 0 Å². The van der Waals surface area contributed by atoms with Crippen LogP contribution < -0.4 is 0 Å². The van der Waals surface area contributed by atoms with Gasteiger partial charge in [-0.1, -0.05) is 85.0 Å². The molecule has 276 valence electrons. The Labute approximate surface area is 320 Å². The third-order valence-corrected chi connectivity index (χ3v) is 10.5. The molecular formula is C50H48F4. The van der Waals surface area contributed by atoms with E-state index in [0.29, 0.717) is 11.1 Å². The van der Waals surface area contributed by atoms with E-state index in [1.807, 2.05) is 64.1 Å². The Morgan fingerprint density at radius 2 is 0.870 bits per heavy atom. The van der Waals surface area contributed by atoms with Crippen LogP contribution in [0.3, 0.4) is 0 Å². The molecule has 0 bridgehead atoms. The minimum Gasteiger partial charge on any atom is -0.205 e. The Bertz CT molecular complexity index is 2190. The summed E-state index contributed by atoms with van der Waals surface area (Å²) in [6.45, 7) is 12.5. The highest BCUT2D eigenvalue weighted by molar-refractivity contribution is 5.50. The van der Waals surface area contributed by atoms with Crippen molar-refractivity contribution in [1.29, 1.82) is 0 Å². The third-order valence-electron chi connectivity index (χ3n) is 10.5. The average molecular weight is 725 g/mol. The summed E-state index contributed by atoms with van der Waals surface area (Å²) in [6.07, 6.45) is 8.59. The summed E-state index contributed by atoms with van der Waals surface area (Å²) in [7, 11) is 0.